The Bertz CT molecular complexity index is 888. The zero-order chi connectivity index (χ0) is 16.9. The summed E-state index contributed by atoms with van der Waals surface area (Å²) in [4.78, 5) is 17.4. The number of nitrogens with zero attached hydrogens (tertiary/aromatic N) is 6. The van der Waals surface area contributed by atoms with Gasteiger partial charge in [0.05, 0.1) is 16.7 Å². The number of tetrazole rings is 1. The minimum absolute atomic E-state index is 0.0121. The lowest BCUT2D eigenvalue weighted by Gasteiger charge is -2.12. The van der Waals surface area contributed by atoms with Crippen LogP contribution in [0.2, 0.25) is 0 Å². The van der Waals surface area contributed by atoms with Gasteiger partial charge in [-0.2, -0.15) is 0 Å². The number of thioether (sulfide) groups is 1. The van der Waals surface area contributed by atoms with E-state index in [-0.39, 0.29) is 5.56 Å². The fourth-order valence-corrected chi connectivity index (χ4v) is 3.48. The van der Waals surface area contributed by atoms with E-state index in [4.69, 9.17) is 0 Å². The molecule has 7 nitrogen and oxygen atoms in total. The third-order valence-corrected chi connectivity index (χ3v) is 4.62. The molecular formula is C16H20N6OS. The Morgan fingerprint density at radius 1 is 1.12 bits per heavy atom. The molecule has 0 fully saturated rings. The molecule has 2 heterocycles. The van der Waals surface area contributed by atoms with E-state index in [0.717, 1.165) is 30.7 Å². The van der Waals surface area contributed by atoms with E-state index in [0.29, 0.717) is 22.8 Å². The van der Waals surface area contributed by atoms with Gasteiger partial charge in [0, 0.05) is 13.1 Å². The molecule has 0 bridgehead atoms. The Morgan fingerprint density at radius 2 is 1.92 bits per heavy atom. The maximum absolute atomic E-state index is 12.7. The monoisotopic (exact) mass is 344 g/mol. The Labute approximate surface area is 144 Å². The fraction of sp³-hybridized carbons (Fsp3) is 0.438. The number of rotatable bonds is 7. The van der Waals surface area contributed by atoms with Crippen molar-refractivity contribution in [2.45, 2.75) is 50.7 Å². The second-order valence-electron chi connectivity index (χ2n) is 5.48. The first kappa shape index (κ1) is 16.6. The van der Waals surface area contributed by atoms with Crippen LogP contribution in [0.3, 0.4) is 0 Å². The van der Waals surface area contributed by atoms with Crippen LogP contribution < -0.4 is 5.56 Å². The third kappa shape index (κ3) is 3.33. The molecule has 3 aromatic rings. The van der Waals surface area contributed by atoms with E-state index in [1.165, 1.54) is 11.8 Å². The van der Waals surface area contributed by atoms with Gasteiger partial charge in [0.25, 0.3) is 5.56 Å². The molecular weight excluding hydrogens is 324 g/mol. The molecule has 126 valence electrons. The van der Waals surface area contributed by atoms with Crippen LogP contribution in [0, 0.1) is 0 Å². The van der Waals surface area contributed by atoms with E-state index in [9.17, 15) is 4.79 Å². The smallest absolute Gasteiger partial charge is 0.262 e. The van der Waals surface area contributed by atoms with Gasteiger partial charge < -0.3 is 0 Å². The second kappa shape index (κ2) is 7.57. The van der Waals surface area contributed by atoms with Crippen molar-refractivity contribution in [1.29, 1.82) is 0 Å². The van der Waals surface area contributed by atoms with Crippen molar-refractivity contribution >= 4 is 22.7 Å². The average molecular weight is 344 g/mol. The standard InChI is InChI=1S/C16H20N6OS/c1-3-9-21-15(23)12-7-5-6-8-13(12)17-16(21)24-11-14-18-19-20-22(14)10-4-2/h5-8H,3-4,9-11H2,1-2H3. The minimum Gasteiger partial charge on any atom is -0.287 e. The Balaban J connectivity index is 1.94. The van der Waals surface area contributed by atoms with Gasteiger partial charge in [0.15, 0.2) is 11.0 Å². The first-order chi connectivity index (χ1) is 11.7. The zero-order valence-electron chi connectivity index (χ0n) is 13.8. The summed E-state index contributed by atoms with van der Waals surface area (Å²) in [5.74, 6) is 1.38. The summed E-state index contributed by atoms with van der Waals surface area (Å²) in [7, 11) is 0. The molecule has 1 aromatic carbocycles. The van der Waals surface area contributed by atoms with Crippen LogP contribution in [0.25, 0.3) is 10.9 Å². The van der Waals surface area contributed by atoms with Gasteiger partial charge in [0.1, 0.15) is 0 Å². The highest BCUT2D eigenvalue weighted by atomic mass is 32.2. The van der Waals surface area contributed by atoms with E-state index in [1.807, 2.05) is 24.3 Å². The number of hydrogen-bond acceptors (Lipinski definition) is 6. The van der Waals surface area contributed by atoms with Crippen LogP contribution in [-0.4, -0.2) is 29.8 Å². The van der Waals surface area contributed by atoms with Gasteiger partial charge in [-0.25, -0.2) is 9.67 Å². The van der Waals surface area contributed by atoms with E-state index in [2.05, 4.69) is 34.4 Å². The molecule has 0 aliphatic carbocycles. The molecule has 0 unspecified atom stereocenters. The van der Waals surface area contributed by atoms with Crippen LogP contribution in [0.15, 0.2) is 34.2 Å². The number of hydrogen-bond donors (Lipinski definition) is 0. The molecule has 0 atom stereocenters. The lowest BCUT2D eigenvalue weighted by molar-refractivity contribution is 0.563. The maximum atomic E-state index is 12.7. The number of fused-ring (bicyclic) bond motifs is 1. The van der Waals surface area contributed by atoms with Gasteiger partial charge >= 0.3 is 0 Å². The Kier molecular flexibility index (Phi) is 5.24. The van der Waals surface area contributed by atoms with Crippen LogP contribution in [0.1, 0.15) is 32.5 Å². The van der Waals surface area contributed by atoms with Crippen molar-refractivity contribution in [1.82, 2.24) is 29.8 Å². The summed E-state index contributed by atoms with van der Waals surface area (Å²) >= 11 is 1.50. The van der Waals surface area contributed by atoms with Crippen LogP contribution in [0.4, 0.5) is 0 Å². The largest absolute Gasteiger partial charge is 0.287 e. The second-order valence-corrected chi connectivity index (χ2v) is 6.42. The lowest BCUT2D eigenvalue weighted by Crippen LogP contribution is -2.23. The predicted molar refractivity (Wildman–Crippen MR) is 94.0 cm³/mol. The van der Waals surface area contributed by atoms with Gasteiger partial charge in [-0.3, -0.25) is 9.36 Å². The molecule has 2 aromatic heterocycles. The first-order valence-electron chi connectivity index (χ1n) is 8.12. The highest BCUT2D eigenvalue weighted by Crippen LogP contribution is 2.21. The normalized spacial score (nSPS) is 11.2. The Morgan fingerprint density at radius 3 is 2.71 bits per heavy atom. The molecule has 24 heavy (non-hydrogen) atoms. The highest BCUT2D eigenvalue weighted by molar-refractivity contribution is 7.98. The molecule has 0 amide bonds. The van der Waals surface area contributed by atoms with Crippen molar-refractivity contribution in [2.24, 2.45) is 0 Å². The van der Waals surface area contributed by atoms with E-state index >= 15 is 0 Å². The summed E-state index contributed by atoms with van der Waals surface area (Å²) in [6.07, 6.45) is 1.85. The van der Waals surface area contributed by atoms with E-state index in [1.54, 1.807) is 9.25 Å². The highest BCUT2D eigenvalue weighted by Gasteiger charge is 2.13. The molecule has 0 saturated carbocycles. The predicted octanol–water partition coefficient (Wildman–Crippen LogP) is 2.50. The van der Waals surface area contributed by atoms with Crippen molar-refractivity contribution < 1.29 is 0 Å². The third-order valence-electron chi connectivity index (χ3n) is 3.65. The first-order valence-corrected chi connectivity index (χ1v) is 9.10. The number of benzene rings is 1. The number of aryl methyl sites for hydroxylation is 1. The number of aromatic nitrogens is 6. The molecule has 0 radical (unpaired) electrons. The lowest BCUT2D eigenvalue weighted by atomic mass is 10.2. The molecule has 0 saturated heterocycles. The summed E-state index contributed by atoms with van der Waals surface area (Å²) in [6, 6.07) is 7.47. The SMILES string of the molecule is CCCn1nnnc1CSc1nc2ccccc2c(=O)n1CCC. The quantitative estimate of drug-likeness (QED) is 0.484. The van der Waals surface area contributed by atoms with Gasteiger partial charge in [-0.1, -0.05) is 37.7 Å². The van der Waals surface area contributed by atoms with Crippen molar-refractivity contribution in [3.63, 3.8) is 0 Å². The van der Waals surface area contributed by atoms with Crippen LogP contribution >= 0.6 is 11.8 Å². The zero-order valence-corrected chi connectivity index (χ0v) is 14.7. The Hall–Kier alpha value is -2.22. The van der Waals surface area contributed by atoms with E-state index < -0.39 is 0 Å². The van der Waals surface area contributed by atoms with Crippen molar-refractivity contribution in [2.75, 3.05) is 0 Å². The molecule has 0 N–H and O–H groups in total. The topological polar surface area (TPSA) is 78.5 Å². The van der Waals surface area contributed by atoms with Gasteiger partial charge in [-0.15, -0.1) is 5.10 Å². The summed E-state index contributed by atoms with van der Waals surface area (Å²) in [5, 5.41) is 13.2. The minimum atomic E-state index is 0.0121. The van der Waals surface area contributed by atoms with Crippen molar-refractivity contribution in [3.05, 3.63) is 40.4 Å². The summed E-state index contributed by atoms with van der Waals surface area (Å²) < 4.78 is 3.55. The summed E-state index contributed by atoms with van der Waals surface area (Å²) in [6.45, 7) is 5.58. The molecule has 3 rings (SSSR count). The van der Waals surface area contributed by atoms with Gasteiger partial charge in [-0.05, 0) is 35.4 Å². The average Bonchev–Trinajstić information content (AvgIpc) is 3.03. The molecule has 0 aliphatic heterocycles. The fourth-order valence-electron chi connectivity index (χ4n) is 2.52. The summed E-state index contributed by atoms with van der Waals surface area (Å²) in [5.41, 5.74) is 0.739. The molecule has 8 heteroatoms. The molecule has 0 spiro atoms. The van der Waals surface area contributed by atoms with Crippen molar-refractivity contribution in [3.8, 4) is 0 Å². The van der Waals surface area contributed by atoms with Crippen LogP contribution in [0.5, 0.6) is 0 Å². The van der Waals surface area contributed by atoms with Gasteiger partial charge in [0.2, 0.25) is 0 Å². The van der Waals surface area contributed by atoms with Crippen LogP contribution in [-0.2, 0) is 18.8 Å². The maximum Gasteiger partial charge on any atom is 0.262 e. The number of para-hydroxylation sites is 1. The molecule has 0 aliphatic rings.